The minimum Gasteiger partial charge on any atom is -0.481 e. The lowest BCUT2D eigenvalue weighted by molar-refractivity contribution is -0.142. The van der Waals surface area contributed by atoms with Crippen LogP contribution in [-0.2, 0) is 4.79 Å². The molecule has 0 aliphatic heterocycles. The molecule has 2 aliphatic carbocycles. The predicted octanol–water partition coefficient (Wildman–Crippen LogP) is 1.34. The first-order chi connectivity index (χ1) is 6.22. The van der Waals surface area contributed by atoms with E-state index in [1.807, 2.05) is 0 Å². The third-order valence-corrected chi connectivity index (χ3v) is 3.30. The van der Waals surface area contributed by atoms with Gasteiger partial charge in [0.05, 0.1) is 11.6 Å². The molecule has 13 heavy (non-hydrogen) atoms. The Morgan fingerprint density at radius 1 is 1.31 bits per heavy atom. The molecule has 2 aliphatic rings. The number of nitrogens with zero attached hydrogens (tertiary/aromatic N) is 1. The Hall–Kier alpha value is -1.06. The quantitative estimate of drug-likeness (QED) is 0.476. The molecule has 2 fully saturated rings. The van der Waals surface area contributed by atoms with Crippen LogP contribution in [0.3, 0.4) is 0 Å². The highest BCUT2D eigenvalue weighted by molar-refractivity contribution is 5.92. The van der Waals surface area contributed by atoms with Crippen molar-refractivity contribution in [1.82, 2.24) is 0 Å². The molecule has 2 saturated carbocycles. The van der Waals surface area contributed by atoms with Gasteiger partial charge in [0.1, 0.15) is 0 Å². The highest BCUT2D eigenvalue weighted by Gasteiger charge is 2.42. The first-order valence-electron chi connectivity index (χ1n) is 4.67. The Labute approximate surface area is 76.2 Å². The molecule has 2 bridgehead atoms. The molecular weight excluding hydrogens is 170 g/mol. The molecule has 0 aromatic rings. The minimum absolute atomic E-state index is 0.219. The van der Waals surface area contributed by atoms with Gasteiger partial charge in [0.15, 0.2) is 0 Å². The topological polar surface area (TPSA) is 69.9 Å². The fourth-order valence-electron chi connectivity index (χ4n) is 2.66. The van der Waals surface area contributed by atoms with Crippen LogP contribution in [0.15, 0.2) is 5.16 Å². The van der Waals surface area contributed by atoms with Crippen LogP contribution in [-0.4, -0.2) is 22.0 Å². The van der Waals surface area contributed by atoms with Gasteiger partial charge in [-0.1, -0.05) is 5.16 Å². The summed E-state index contributed by atoms with van der Waals surface area (Å²) in [5.74, 6) is -0.466. The molecular formula is C9H13NO3. The SMILES string of the molecule is O=C(O)C1C[C@@H]2CC[C@@H](C1)C2=NO. The second kappa shape index (κ2) is 3.01. The van der Waals surface area contributed by atoms with E-state index in [0.717, 1.165) is 18.6 Å². The van der Waals surface area contributed by atoms with Crippen molar-refractivity contribution in [3.05, 3.63) is 0 Å². The lowest BCUT2D eigenvalue weighted by Gasteiger charge is -2.25. The van der Waals surface area contributed by atoms with Gasteiger partial charge in [-0.3, -0.25) is 4.79 Å². The molecule has 2 N–H and O–H groups in total. The molecule has 0 aromatic carbocycles. The summed E-state index contributed by atoms with van der Waals surface area (Å²) < 4.78 is 0. The summed E-state index contributed by atoms with van der Waals surface area (Å²) in [6.07, 6.45) is 3.30. The first-order valence-corrected chi connectivity index (χ1v) is 4.67. The highest BCUT2D eigenvalue weighted by atomic mass is 16.4. The number of carbonyl (C=O) groups is 1. The third kappa shape index (κ3) is 1.30. The van der Waals surface area contributed by atoms with Gasteiger partial charge in [-0.05, 0) is 25.7 Å². The molecule has 4 heteroatoms. The molecule has 0 heterocycles. The summed E-state index contributed by atoms with van der Waals surface area (Å²) in [5, 5.41) is 20.9. The van der Waals surface area contributed by atoms with E-state index in [4.69, 9.17) is 10.3 Å². The van der Waals surface area contributed by atoms with Gasteiger partial charge in [0, 0.05) is 11.8 Å². The monoisotopic (exact) mass is 183 g/mol. The van der Waals surface area contributed by atoms with Gasteiger partial charge in [-0.25, -0.2) is 0 Å². The second-order valence-electron chi connectivity index (χ2n) is 4.00. The molecule has 0 saturated heterocycles. The van der Waals surface area contributed by atoms with Crippen LogP contribution in [0, 0.1) is 17.8 Å². The van der Waals surface area contributed by atoms with E-state index in [-0.39, 0.29) is 17.8 Å². The second-order valence-corrected chi connectivity index (χ2v) is 4.00. The minimum atomic E-state index is -0.700. The van der Waals surface area contributed by atoms with Gasteiger partial charge in [-0.15, -0.1) is 0 Å². The van der Waals surface area contributed by atoms with Gasteiger partial charge in [0.25, 0.3) is 0 Å². The summed E-state index contributed by atoms with van der Waals surface area (Å²) in [6, 6.07) is 0. The van der Waals surface area contributed by atoms with E-state index in [2.05, 4.69) is 5.16 Å². The van der Waals surface area contributed by atoms with E-state index in [1.165, 1.54) is 0 Å². The van der Waals surface area contributed by atoms with E-state index < -0.39 is 5.97 Å². The van der Waals surface area contributed by atoms with Crippen LogP contribution in [0.4, 0.5) is 0 Å². The zero-order valence-electron chi connectivity index (χ0n) is 7.31. The third-order valence-electron chi connectivity index (χ3n) is 3.30. The van der Waals surface area contributed by atoms with E-state index in [0.29, 0.717) is 12.8 Å². The number of carboxylic acids is 1. The molecule has 2 atom stereocenters. The summed E-state index contributed by atoms with van der Waals surface area (Å²) in [6.45, 7) is 0. The maximum atomic E-state index is 10.8. The fourth-order valence-corrected chi connectivity index (χ4v) is 2.66. The molecule has 4 nitrogen and oxygen atoms in total. The average molecular weight is 183 g/mol. The van der Waals surface area contributed by atoms with Crippen molar-refractivity contribution in [2.75, 3.05) is 0 Å². The molecule has 0 spiro atoms. The lowest BCUT2D eigenvalue weighted by Crippen LogP contribution is -2.30. The van der Waals surface area contributed by atoms with Crippen molar-refractivity contribution < 1.29 is 15.1 Å². The van der Waals surface area contributed by atoms with E-state index >= 15 is 0 Å². The lowest BCUT2D eigenvalue weighted by atomic mass is 9.79. The number of oxime groups is 1. The zero-order chi connectivity index (χ0) is 9.42. The molecule has 0 radical (unpaired) electrons. The van der Waals surface area contributed by atoms with Crippen molar-refractivity contribution in [2.45, 2.75) is 25.7 Å². The van der Waals surface area contributed by atoms with Crippen molar-refractivity contribution in [3.8, 4) is 0 Å². The van der Waals surface area contributed by atoms with Gasteiger partial charge >= 0.3 is 5.97 Å². The highest BCUT2D eigenvalue weighted by Crippen LogP contribution is 2.42. The van der Waals surface area contributed by atoms with Crippen molar-refractivity contribution in [3.63, 3.8) is 0 Å². The number of carboxylic acid groups (broad SMARTS) is 1. The summed E-state index contributed by atoms with van der Waals surface area (Å²) in [4.78, 5) is 10.8. The Balaban J connectivity index is 2.15. The van der Waals surface area contributed by atoms with Crippen LogP contribution in [0.5, 0.6) is 0 Å². The predicted molar refractivity (Wildman–Crippen MR) is 45.8 cm³/mol. The van der Waals surface area contributed by atoms with Gasteiger partial charge in [-0.2, -0.15) is 0 Å². The number of rotatable bonds is 1. The maximum Gasteiger partial charge on any atom is 0.306 e. The molecule has 0 amide bonds. The van der Waals surface area contributed by atoms with Crippen LogP contribution in [0.2, 0.25) is 0 Å². The fraction of sp³-hybridized carbons (Fsp3) is 0.778. The van der Waals surface area contributed by atoms with Crippen LogP contribution < -0.4 is 0 Å². The van der Waals surface area contributed by atoms with Crippen molar-refractivity contribution in [2.24, 2.45) is 22.9 Å². The largest absolute Gasteiger partial charge is 0.481 e. The van der Waals surface area contributed by atoms with Gasteiger partial charge in [0.2, 0.25) is 0 Å². The first kappa shape index (κ1) is 8.53. The molecule has 72 valence electrons. The molecule has 0 aromatic heterocycles. The van der Waals surface area contributed by atoms with Crippen LogP contribution in [0.1, 0.15) is 25.7 Å². The number of fused-ring (bicyclic) bond motifs is 2. The maximum absolute atomic E-state index is 10.8. The Morgan fingerprint density at radius 3 is 2.23 bits per heavy atom. The molecule has 2 rings (SSSR count). The number of aliphatic carboxylic acids is 1. The van der Waals surface area contributed by atoms with Gasteiger partial charge < -0.3 is 10.3 Å². The average Bonchev–Trinajstić information content (AvgIpc) is 2.34. The Morgan fingerprint density at radius 2 is 1.85 bits per heavy atom. The smallest absolute Gasteiger partial charge is 0.306 e. The van der Waals surface area contributed by atoms with Crippen LogP contribution >= 0.6 is 0 Å². The molecule has 0 unspecified atom stereocenters. The van der Waals surface area contributed by atoms with E-state index in [1.54, 1.807) is 0 Å². The van der Waals surface area contributed by atoms with Crippen molar-refractivity contribution >= 4 is 11.7 Å². The normalized spacial score (nSPS) is 37.5. The number of hydrogen-bond acceptors (Lipinski definition) is 3. The Kier molecular flexibility index (Phi) is 1.98. The summed E-state index contributed by atoms with van der Waals surface area (Å²) in [5.41, 5.74) is 0.845. The standard InChI is InChI=1S/C9H13NO3/c11-9(12)7-3-5-1-2-6(4-7)8(5)10-13/h5-7,13H,1-4H2,(H,11,12)/t5-,6-,7?/m0/s1. The van der Waals surface area contributed by atoms with Crippen molar-refractivity contribution in [1.29, 1.82) is 0 Å². The number of hydrogen-bond donors (Lipinski definition) is 2. The Bertz CT molecular complexity index is 246. The summed E-state index contributed by atoms with van der Waals surface area (Å²) >= 11 is 0. The summed E-state index contributed by atoms with van der Waals surface area (Å²) in [7, 11) is 0. The zero-order valence-corrected chi connectivity index (χ0v) is 7.31. The van der Waals surface area contributed by atoms with Crippen LogP contribution in [0.25, 0.3) is 0 Å². The van der Waals surface area contributed by atoms with E-state index in [9.17, 15) is 4.79 Å².